The van der Waals surface area contributed by atoms with E-state index >= 15 is 0 Å². The summed E-state index contributed by atoms with van der Waals surface area (Å²) in [5, 5.41) is 8.59. The number of nitrogens with zero attached hydrogens (tertiary/aromatic N) is 1. The zero-order valence-corrected chi connectivity index (χ0v) is 31.1. The Bertz CT molecular complexity index is 1470. The summed E-state index contributed by atoms with van der Waals surface area (Å²) in [6, 6.07) is 12.9. The van der Waals surface area contributed by atoms with Crippen LogP contribution in [0.3, 0.4) is 0 Å². The first-order valence-electron chi connectivity index (χ1n) is 17.0. The lowest BCUT2D eigenvalue weighted by Gasteiger charge is -2.36. The molecule has 1 aliphatic rings. The molecule has 0 radical (unpaired) electrons. The quantitative estimate of drug-likeness (QED) is 0.151. The van der Waals surface area contributed by atoms with E-state index in [1.165, 1.54) is 16.7 Å². The number of hydrogen-bond donors (Lipinski definition) is 4. The maximum Gasteiger partial charge on any atom is 0.307 e. The van der Waals surface area contributed by atoms with E-state index in [1.54, 1.807) is 0 Å². The van der Waals surface area contributed by atoms with Gasteiger partial charge in [-0.05, 0) is 84.5 Å². The minimum atomic E-state index is -1.52. The van der Waals surface area contributed by atoms with Crippen LogP contribution in [-0.4, -0.2) is 88.5 Å². The van der Waals surface area contributed by atoms with Gasteiger partial charge in [-0.1, -0.05) is 48.5 Å². The van der Waals surface area contributed by atoms with Crippen molar-refractivity contribution in [1.82, 2.24) is 20.9 Å². The zero-order valence-electron chi connectivity index (χ0n) is 30.3. The topological polar surface area (TPSA) is 169 Å². The Morgan fingerprint density at radius 2 is 1.64 bits per heavy atom. The van der Waals surface area contributed by atoms with Crippen LogP contribution in [0.4, 0.5) is 0 Å². The fourth-order valence-electron chi connectivity index (χ4n) is 5.67. The predicted molar refractivity (Wildman–Crippen MR) is 194 cm³/mol. The van der Waals surface area contributed by atoms with Gasteiger partial charge in [0, 0.05) is 23.3 Å². The molecule has 5 N–H and O–H groups in total. The molecular weight excluding hydrogens is 659 g/mol. The fourth-order valence-corrected chi connectivity index (χ4v) is 6.81. The van der Waals surface area contributed by atoms with Gasteiger partial charge in [0.05, 0.1) is 18.3 Å². The van der Waals surface area contributed by atoms with Crippen LogP contribution in [0.25, 0.3) is 0 Å². The molecular formula is C37H53N5O7S. The summed E-state index contributed by atoms with van der Waals surface area (Å²) in [4.78, 5) is 68.9. The molecule has 3 rings (SSSR count). The van der Waals surface area contributed by atoms with Gasteiger partial charge in [0.25, 0.3) is 11.8 Å². The standard InChI is InChI=1S/C37H53N5O7S/c1-24-13-11-14-25(2)31(24)48-22-29(44)40-27(21-26-15-9-8-10-16-26)32(49-30(45)18-17-28(43)39-20-12-19-38)35(47)42-23-50-37(6,7)33(42)34(46)41-36(3,4)5/h8-11,13-16,27,32-33H,12,17-23,38H2,1-7H3,(H,39,43)(H,40,44)(H,41,46)/t27-,32-,33?/m0/s1. The van der Waals surface area contributed by atoms with Crippen molar-refractivity contribution >= 4 is 41.4 Å². The number of nitrogens with one attached hydrogen (secondary N) is 3. The Labute approximate surface area is 300 Å². The van der Waals surface area contributed by atoms with E-state index in [-0.39, 0.29) is 43.6 Å². The normalized spacial score (nSPS) is 16.6. The number of ether oxygens (including phenoxy) is 2. The largest absolute Gasteiger partial charge is 0.483 e. The smallest absolute Gasteiger partial charge is 0.307 e. The van der Waals surface area contributed by atoms with Crippen molar-refractivity contribution in [3.63, 3.8) is 0 Å². The predicted octanol–water partition coefficient (Wildman–Crippen LogP) is 3.16. The van der Waals surface area contributed by atoms with E-state index in [2.05, 4.69) is 16.0 Å². The molecule has 1 saturated heterocycles. The minimum absolute atomic E-state index is 0.127. The van der Waals surface area contributed by atoms with Gasteiger partial charge in [0.15, 0.2) is 6.61 Å². The third kappa shape index (κ3) is 12.0. The van der Waals surface area contributed by atoms with Crippen LogP contribution in [0.15, 0.2) is 48.5 Å². The minimum Gasteiger partial charge on any atom is -0.483 e. The van der Waals surface area contributed by atoms with Crippen molar-refractivity contribution in [2.45, 2.75) is 103 Å². The van der Waals surface area contributed by atoms with Gasteiger partial charge in [-0.3, -0.25) is 24.0 Å². The number of hydrogen-bond acceptors (Lipinski definition) is 9. The summed E-state index contributed by atoms with van der Waals surface area (Å²) in [5.74, 6) is -1.91. The summed E-state index contributed by atoms with van der Waals surface area (Å²) < 4.78 is 11.1. The first kappa shape index (κ1) is 40.3. The summed E-state index contributed by atoms with van der Waals surface area (Å²) >= 11 is 1.43. The van der Waals surface area contributed by atoms with Gasteiger partial charge in [-0.25, -0.2) is 0 Å². The second kappa shape index (κ2) is 18.2. The molecule has 2 aromatic carbocycles. The Morgan fingerprint density at radius 1 is 0.980 bits per heavy atom. The van der Waals surface area contributed by atoms with Crippen molar-refractivity contribution in [2.75, 3.05) is 25.6 Å². The van der Waals surface area contributed by atoms with Gasteiger partial charge < -0.3 is 36.1 Å². The molecule has 2 aromatic rings. The molecule has 1 heterocycles. The number of para-hydroxylation sites is 1. The lowest BCUT2D eigenvalue weighted by molar-refractivity contribution is -0.164. The molecule has 0 spiro atoms. The number of aryl methyl sites for hydroxylation is 2. The highest BCUT2D eigenvalue weighted by atomic mass is 32.2. The highest BCUT2D eigenvalue weighted by Gasteiger charge is 2.51. The number of carbonyl (C=O) groups is 5. The van der Waals surface area contributed by atoms with E-state index in [0.717, 1.165) is 16.7 Å². The first-order chi connectivity index (χ1) is 23.5. The van der Waals surface area contributed by atoms with Crippen LogP contribution in [0, 0.1) is 13.8 Å². The summed E-state index contributed by atoms with van der Waals surface area (Å²) in [6.45, 7) is 13.5. The van der Waals surface area contributed by atoms with Crippen molar-refractivity contribution in [3.05, 3.63) is 65.2 Å². The highest BCUT2D eigenvalue weighted by molar-refractivity contribution is 8.00. The molecule has 0 aromatic heterocycles. The van der Waals surface area contributed by atoms with E-state index in [0.29, 0.717) is 25.3 Å². The molecule has 1 fully saturated rings. The SMILES string of the molecule is Cc1cccc(C)c1OCC(=O)N[C@@H](Cc1ccccc1)[C@H](OC(=O)CCC(=O)NCCCN)C(=O)N1CSC(C)(C)C1C(=O)NC(C)(C)C. The Kier molecular flexibility index (Phi) is 14.7. The zero-order chi connectivity index (χ0) is 37.1. The Hall–Kier alpha value is -4.10. The van der Waals surface area contributed by atoms with Crippen LogP contribution < -0.4 is 26.4 Å². The first-order valence-corrected chi connectivity index (χ1v) is 18.0. The van der Waals surface area contributed by atoms with Crippen LogP contribution in [0.1, 0.15) is 70.6 Å². The van der Waals surface area contributed by atoms with E-state index < -0.39 is 46.3 Å². The maximum absolute atomic E-state index is 14.6. The summed E-state index contributed by atoms with van der Waals surface area (Å²) in [5.41, 5.74) is 7.44. The van der Waals surface area contributed by atoms with Crippen LogP contribution in [0.5, 0.6) is 5.75 Å². The Morgan fingerprint density at radius 3 is 2.26 bits per heavy atom. The monoisotopic (exact) mass is 711 g/mol. The number of thioether (sulfide) groups is 1. The molecule has 13 heteroatoms. The molecule has 12 nitrogen and oxygen atoms in total. The number of benzene rings is 2. The molecule has 3 atom stereocenters. The number of amides is 4. The number of nitrogens with two attached hydrogens (primary N) is 1. The van der Waals surface area contributed by atoms with Crippen molar-refractivity contribution in [1.29, 1.82) is 0 Å². The van der Waals surface area contributed by atoms with Gasteiger partial charge >= 0.3 is 5.97 Å². The molecule has 1 unspecified atom stereocenters. The third-order valence-corrected chi connectivity index (χ3v) is 9.48. The van der Waals surface area contributed by atoms with Gasteiger partial charge in [0.1, 0.15) is 11.8 Å². The number of carbonyl (C=O) groups excluding carboxylic acids is 5. The average Bonchev–Trinajstić information content (AvgIpc) is 3.36. The summed E-state index contributed by atoms with van der Waals surface area (Å²) in [6.07, 6.45) is -1.26. The lowest BCUT2D eigenvalue weighted by atomic mass is 9.96. The molecule has 274 valence electrons. The average molecular weight is 712 g/mol. The second-order valence-electron chi connectivity index (χ2n) is 14.1. The molecule has 4 amide bonds. The molecule has 1 aliphatic heterocycles. The summed E-state index contributed by atoms with van der Waals surface area (Å²) in [7, 11) is 0. The lowest BCUT2D eigenvalue weighted by Crippen LogP contribution is -2.61. The van der Waals surface area contributed by atoms with Crippen LogP contribution in [0.2, 0.25) is 0 Å². The maximum atomic E-state index is 14.6. The molecule has 0 saturated carbocycles. The number of rotatable bonds is 16. The van der Waals surface area contributed by atoms with Gasteiger partial charge in [-0.2, -0.15) is 0 Å². The number of esters is 1. The van der Waals surface area contributed by atoms with Crippen molar-refractivity contribution in [3.8, 4) is 5.75 Å². The second-order valence-corrected chi connectivity index (χ2v) is 15.7. The highest BCUT2D eigenvalue weighted by Crippen LogP contribution is 2.40. The van der Waals surface area contributed by atoms with Gasteiger partial charge in [0.2, 0.25) is 17.9 Å². The third-order valence-electron chi connectivity index (χ3n) is 8.10. The van der Waals surface area contributed by atoms with E-state index in [1.807, 2.05) is 97.0 Å². The molecule has 50 heavy (non-hydrogen) atoms. The Balaban J connectivity index is 1.96. The van der Waals surface area contributed by atoms with E-state index in [9.17, 15) is 24.0 Å². The fraction of sp³-hybridized carbons (Fsp3) is 0.541. The van der Waals surface area contributed by atoms with Gasteiger partial charge in [-0.15, -0.1) is 11.8 Å². The van der Waals surface area contributed by atoms with Crippen LogP contribution in [-0.2, 0) is 35.1 Å². The van der Waals surface area contributed by atoms with Crippen molar-refractivity contribution < 1.29 is 33.4 Å². The van der Waals surface area contributed by atoms with E-state index in [4.69, 9.17) is 15.2 Å². The molecule has 0 aliphatic carbocycles. The molecule has 0 bridgehead atoms. The van der Waals surface area contributed by atoms with Crippen LogP contribution >= 0.6 is 11.8 Å². The van der Waals surface area contributed by atoms with Crippen molar-refractivity contribution in [2.24, 2.45) is 5.73 Å².